The average Bonchev–Trinajstić information content (AvgIpc) is 2.28. The topological polar surface area (TPSA) is 59.2 Å². The second-order valence-electron chi connectivity index (χ2n) is 4.20. The molecule has 98 valence electrons. The molecule has 0 aromatic carbocycles. The lowest BCUT2D eigenvalue weighted by atomic mass is 10.2. The lowest BCUT2D eigenvalue weighted by molar-refractivity contribution is 0.0711. The molecule has 1 aromatic rings. The molecule has 0 saturated carbocycles. The van der Waals surface area contributed by atoms with Gasteiger partial charge in [0.25, 0.3) is 5.91 Å². The van der Waals surface area contributed by atoms with Gasteiger partial charge in [0.1, 0.15) is 0 Å². The van der Waals surface area contributed by atoms with Gasteiger partial charge in [-0.1, -0.05) is 12.2 Å². The Morgan fingerprint density at radius 3 is 2.72 bits per heavy atom. The predicted molar refractivity (Wildman–Crippen MR) is 79.5 cm³/mol. The minimum absolute atomic E-state index is 0.0601. The van der Waals surface area contributed by atoms with Gasteiger partial charge in [0.2, 0.25) is 0 Å². The van der Waals surface area contributed by atoms with Gasteiger partial charge in [-0.3, -0.25) is 9.78 Å². The van der Waals surface area contributed by atoms with E-state index in [4.69, 9.17) is 18.0 Å². The zero-order chi connectivity index (χ0) is 13.7. The van der Waals surface area contributed by atoms with Gasteiger partial charge in [-0.25, -0.2) is 0 Å². The van der Waals surface area contributed by atoms with Crippen LogP contribution < -0.4 is 5.73 Å². The first-order chi connectivity index (χ1) is 8.41. The normalized spacial score (nSPS) is 10.4. The second kappa shape index (κ2) is 6.80. The van der Waals surface area contributed by atoms with Gasteiger partial charge in [-0.15, -0.1) is 0 Å². The summed E-state index contributed by atoms with van der Waals surface area (Å²) < 4.78 is 0.784. The number of carbonyl (C=O) groups excluding carboxylic acids is 1. The van der Waals surface area contributed by atoms with E-state index in [0.717, 1.165) is 4.47 Å². The van der Waals surface area contributed by atoms with Crippen molar-refractivity contribution in [2.45, 2.75) is 26.3 Å². The van der Waals surface area contributed by atoms with E-state index in [9.17, 15) is 4.79 Å². The number of halogens is 1. The van der Waals surface area contributed by atoms with Crippen LogP contribution in [0.5, 0.6) is 0 Å². The van der Waals surface area contributed by atoms with Crippen LogP contribution >= 0.6 is 28.1 Å². The van der Waals surface area contributed by atoms with Crippen molar-refractivity contribution in [1.82, 2.24) is 9.88 Å². The molecule has 0 aliphatic heterocycles. The van der Waals surface area contributed by atoms with E-state index in [2.05, 4.69) is 20.9 Å². The highest BCUT2D eigenvalue weighted by atomic mass is 79.9. The SMILES string of the molecule is CC(C)N(CCC(N)=S)C(=O)c1cncc(Br)c1. The van der Waals surface area contributed by atoms with Crippen LogP contribution in [0.15, 0.2) is 22.9 Å². The van der Waals surface area contributed by atoms with E-state index in [-0.39, 0.29) is 11.9 Å². The van der Waals surface area contributed by atoms with Crippen molar-refractivity contribution in [2.24, 2.45) is 5.73 Å². The highest BCUT2D eigenvalue weighted by molar-refractivity contribution is 9.10. The molecular formula is C12H16BrN3OS. The van der Waals surface area contributed by atoms with E-state index in [1.807, 2.05) is 13.8 Å². The maximum absolute atomic E-state index is 12.3. The molecular weight excluding hydrogens is 314 g/mol. The van der Waals surface area contributed by atoms with E-state index in [1.165, 1.54) is 0 Å². The molecule has 0 fully saturated rings. The third-order valence-electron chi connectivity index (χ3n) is 2.44. The fourth-order valence-corrected chi connectivity index (χ4v) is 1.98. The van der Waals surface area contributed by atoms with Crippen LogP contribution in [0, 0.1) is 0 Å². The third kappa shape index (κ3) is 4.34. The molecule has 0 unspecified atom stereocenters. The van der Waals surface area contributed by atoms with Crippen molar-refractivity contribution >= 4 is 39.0 Å². The Balaban J connectivity index is 2.85. The fraction of sp³-hybridized carbons (Fsp3) is 0.417. The zero-order valence-electron chi connectivity index (χ0n) is 10.4. The number of thiocarbonyl (C=S) groups is 1. The summed E-state index contributed by atoms with van der Waals surface area (Å²) in [6, 6.07) is 1.84. The number of carbonyl (C=O) groups is 1. The van der Waals surface area contributed by atoms with Crippen molar-refractivity contribution in [1.29, 1.82) is 0 Å². The summed E-state index contributed by atoms with van der Waals surface area (Å²) in [6.45, 7) is 4.45. The number of hydrogen-bond acceptors (Lipinski definition) is 3. The summed E-state index contributed by atoms with van der Waals surface area (Å²) in [5, 5.41) is 0. The van der Waals surface area contributed by atoms with Crippen LogP contribution in [0.3, 0.4) is 0 Å². The molecule has 0 atom stereocenters. The Morgan fingerprint density at radius 2 is 2.22 bits per heavy atom. The minimum atomic E-state index is -0.0601. The van der Waals surface area contributed by atoms with Crippen LogP contribution in [0.4, 0.5) is 0 Å². The Bertz CT molecular complexity index is 451. The quantitative estimate of drug-likeness (QED) is 0.842. The van der Waals surface area contributed by atoms with Crippen molar-refractivity contribution in [3.8, 4) is 0 Å². The molecule has 2 N–H and O–H groups in total. The van der Waals surface area contributed by atoms with Crippen LogP contribution in [-0.2, 0) is 0 Å². The van der Waals surface area contributed by atoms with Gasteiger partial charge in [0.05, 0.1) is 10.6 Å². The molecule has 6 heteroatoms. The number of nitrogens with two attached hydrogens (primary N) is 1. The lowest BCUT2D eigenvalue weighted by Gasteiger charge is -2.26. The summed E-state index contributed by atoms with van der Waals surface area (Å²) in [4.78, 5) is 18.5. The van der Waals surface area contributed by atoms with Gasteiger partial charge < -0.3 is 10.6 Å². The van der Waals surface area contributed by atoms with Gasteiger partial charge in [-0.05, 0) is 35.8 Å². The highest BCUT2D eigenvalue weighted by Gasteiger charge is 2.19. The molecule has 0 bridgehead atoms. The van der Waals surface area contributed by atoms with E-state index < -0.39 is 0 Å². The molecule has 1 rings (SSSR count). The molecule has 1 heterocycles. The van der Waals surface area contributed by atoms with Crippen molar-refractivity contribution in [3.05, 3.63) is 28.5 Å². The van der Waals surface area contributed by atoms with Crippen molar-refractivity contribution in [3.63, 3.8) is 0 Å². The summed E-state index contributed by atoms with van der Waals surface area (Å²) >= 11 is 8.15. The Hall–Kier alpha value is -1.01. The standard InChI is InChI=1S/C12H16BrN3OS/c1-8(2)16(4-3-11(14)18)12(17)9-5-10(13)7-15-6-9/h5-8H,3-4H2,1-2H3,(H2,14,18). The first kappa shape index (κ1) is 15.0. The maximum atomic E-state index is 12.3. The van der Waals surface area contributed by atoms with Crippen molar-refractivity contribution < 1.29 is 4.79 Å². The predicted octanol–water partition coefficient (Wildman–Crippen LogP) is 2.37. The third-order valence-corrected chi connectivity index (χ3v) is 3.07. The van der Waals surface area contributed by atoms with E-state index >= 15 is 0 Å². The number of amides is 1. The lowest BCUT2D eigenvalue weighted by Crippen LogP contribution is -2.39. The number of nitrogens with zero attached hydrogens (tertiary/aromatic N) is 2. The number of aromatic nitrogens is 1. The van der Waals surface area contributed by atoms with Crippen molar-refractivity contribution in [2.75, 3.05) is 6.54 Å². The molecule has 0 radical (unpaired) electrons. The summed E-state index contributed by atoms with van der Waals surface area (Å²) in [7, 11) is 0. The van der Waals surface area contributed by atoms with E-state index in [1.54, 1.807) is 23.4 Å². The molecule has 0 spiro atoms. The smallest absolute Gasteiger partial charge is 0.255 e. The monoisotopic (exact) mass is 329 g/mol. The molecule has 4 nitrogen and oxygen atoms in total. The molecule has 0 aliphatic rings. The first-order valence-electron chi connectivity index (χ1n) is 5.61. The van der Waals surface area contributed by atoms with Gasteiger partial charge in [-0.2, -0.15) is 0 Å². The number of hydrogen-bond donors (Lipinski definition) is 1. The molecule has 1 amide bonds. The summed E-state index contributed by atoms with van der Waals surface area (Å²) in [5.74, 6) is -0.0601. The maximum Gasteiger partial charge on any atom is 0.255 e. The van der Waals surface area contributed by atoms with Gasteiger partial charge in [0.15, 0.2) is 0 Å². The Kier molecular flexibility index (Phi) is 5.68. The van der Waals surface area contributed by atoms with Crippen LogP contribution in [0.25, 0.3) is 0 Å². The molecule has 18 heavy (non-hydrogen) atoms. The first-order valence-corrected chi connectivity index (χ1v) is 6.81. The van der Waals surface area contributed by atoms with Crippen LogP contribution in [-0.4, -0.2) is 33.4 Å². The average molecular weight is 330 g/mol. The largest absolute Gasteiger partial charge is 0.393 e. The Morgan fingerprint density at radius 1 is 1.56 bits per heavy atom. The summed E-state index contributed by atoms with van der Waals surface area (Å²) in [6.07, 6.45) is 3.73. The number of pyridine rings is 1. The molecule has 0 aliphatic carbocycles. The number of rotatable bonds is 5. The zero-order valence-corrected chi connectivity index (χ0v) is 12.8. The molecule has 0 saturated heterocycles. The minimum Gasteiger partial charge on any atom is -0.393 e. The fourth-order valence-electron chi connectivity index (χ4n) is 1.52. The second-order valence-corrected chi connectivity index (χ2v) is 5.64. The Labute approximate surface area is 121 Å². The van der Waals surface area contributed by atoms with Gasteiger partial charge >= 0.3 is 0 Å². The van der Waals surface area contributed by atoms with Crippen LogP contribution in [0.1, 0.15) is 30.6 Å². The van der Waals surface area contributed by atoms with Crippen LogP contribution in [0.2, 0.25) is 0 Å². The molecule has 1 aromatic heterocycles. The van der Waals surface area contributed by atoms with Gasteiger partial charge in [0, 0.05) is 35.9 Å². The summed E-state index contributed by atoms with van der Waals surface area (Å²) in [5.41, 5.74) is 6.03. The highest BCUT2D eigenvalue weighted by Crippen LogP contribution is 2.13. The van der Waals surface area contributed by atoms with E-state index in [0.29, 0.717) is 23.5 Å².